The molecule has 1 amide bonds. The summed E-state index contributed by atoms with van der Waals surface area (Å²) < 4.78 is 5.22. The first-order chi connectivity index (χ1) is 12.2. The molecule has 0 saturated carbocycles. The monoisotopic (exact) mass is 335 g/mol. The first-order valence-electron chi connectivity index (χ1n) is 8.56. The number of hydrogen-bond acceptors (Lipinski definition) is 3. The van der Waals surface area contributed by atoms with E-state index in [2.05, 4.69) is 27.3 Å². The van der Waals surface area contributed by atoms with E-state index in [0.29, 0.717) is 5.56 Å². The van der Waals surface area contributed by atoms with Gasteiger partial charge in [-0.05, 0) is 49.2 Å². The van der Waals surface area contributed by atoms with Gasteiger partial charge in [0.1, 0.15) is 5.75 Å². The molecule has 5 nitrogen and oxygen atoms in total. The van der Waals surface area contributed by atoms with E-state index in [9.17, 15) is 4.79 Å². The zero-order valence-corrected chi connectivity index (χ0v) is 14.2. The van der Waals surface area contributed by atoms with E-state index in [1.165, 1.54) is 18.5 Å². The van der Waals surface area contributed by atoms with E-state index < -0.39 is 0 Å². The smallest absolute Gasteiger partial charge is 0.257 e. The van der Waals surface area contributed by atoms with Gasteiger partial charge in [-0.3, -0.25) is 4.79 Å². The topological polar surface area (TPSA) is 57.4 Å². The van der Waals surface area contributed by atoms with E-state index in [0.717, 1.165) is 35.4 Å². The van der Waals surface area contributed by atoms with Crippen LogP contribution in [0.5, 0.6) is 5.75 Å². The summed E-state index contributed by atoms with van der Waals surface area (Å²) in [6, 6.07) is 13.7. The summed E-state index contributed by atoms with van der Waals surface area (Å²) in [4.78, 5) is 18.1. The summed E-state index contributed by atoms with van der Waals surface area (Å²) in [5, 5.41) is 3.86. The Balaban J connectivity index is 1.51. The van der Waals surface area contributed by atoms with Gasteiger partial charge in [0.15, 0.2) is 0 Å². The number of carbonyl (C=O) groups is 1. The molecule has 128 valence electrons. The number of nitrogens with zero attached hydrogens (tertiary/aromatic N) is 1. The van der Waals surface area contributed by atoms with Crippen molar-refractivity contribution in [3.8, 4) is 5.75 Å². The molecule has 1 fully saturated rings. The molecular weight excluding hydrogens is 314 g/mol. The average Bonchev–Trinajstić information content (AvgIpc) is 3.31. The van der Waals surface area contributed by atoms with Crippen LogP contribution in [0.4, 0.5) is 11.4 Å². The van der Waals surface area contributed by atoms with Crippen molar-refractivity contribution in [1.82, 2.24) is 4.98 Å². The van der Waals surface area contributed by atoms with Crippen LogP contribution >= 0.6 is 0 Å². The number of benzene rings is 2. The Morgan fingerprint density at radius 2 is 1.88 bits per heavy atom. The highest BCUT2D eigenvalue weighted by atomic mass is 16.5. The highest BCUT2D eigenvalue weighted by molar-refractivity contribution is 6.12. The Labute approximate surface area is 146 Å². The van der Waals surface area contributed by atoms with Gasteiger partial charge >= 0.3 is 0 Å². The van der Waals surface area contributed by atoms with E-state index in [4.69, 9.17) is 4.74 Å². The van der Waals surface area contributed by atoms with Crippen molar-refractivity contribution >= 4 is 28.2 Å². The maximum atomic E-state index is 12.6. The van der Waals surface area contributed by atoms with Crippen LogP contribution < -0.4 is 15.0 Å². The zero-order chi connectivity index (χ0) is 17.2. The number of methoxy groups -OCH3 is 1. The van der Waals surface area contributed by atoms with Crippen molar-refractivity contribution in [3.05, 3.63) is 54.2 Å². The number of anilines is 2. The first kappa shape index (κ1) is 15.6. The van der Waals surface area contributed by atoms with Gasteiger partial charge in [-0.2, -0.15) is 0 Å². The molecule has 2 aromatic carbocycles. The molecule has 1 aliphatic heterocycles. The number of aromatic amines is 1. The van der Waals surface area contributed by atoms with E-state index in [1.54, 1.807) is 13.3 Å². The van der Waals surface area contributed by atoms with Gasteiger partial charge in [0.2, 0.25) is 0 Å². The first-order valence-corrected chi connectivity index (χ1v) is 8.56. The van der Waals surface area contributed by atoms with Crippen molar-refractivity contribution in [3.63, 3.8) is 0 Å². The number of hydrogen-bond donors (Lipinski definition) is 2. The predicted molar refractivity (Wildman–Crippen MR) is 101 cm³/mol. The largest absolute Gasteiger partial charge is 0.497 e. The molecule has 1 aromatic heterocycles. The van der Waals surface area contributed by atoms with E-state index >= 15 is 0 Å². The fourth-order valence-electron chi connectivity index (χ4n) is 3.35. The summed E-state index contributed by atoms with van der Waals surface area (Å²) in [5.41, 5.74) is 3.53. The van der Waals surface area contributed by atoms with E-state index in [1.807, 2.05) is 30.3 Å². The molecule has 5 heteroatoms. The highest BCUT2D eigenvalue weighted by Crippen LogP contribution is 2.25. The van der Waals surface area contributed by atoms with Gasteiger partial charge in [-0.25, -0.2) is 0 Å². The number of carbonyl (C=O) groups excluding carboxylic acids is 1. The van der Waals surface area contributed by atoms with Crippen LogP contribution in [0.2, 0.25) is 0 Å². The lowest BCUT2D eigenvalue weighted by Gasteiger charge is -2.17. The third-order valence-corrected chi connectivity index (χ3v) is 4.73. The third-order valence-electron chi connectivity index (χ3n) is 4.73. The molecule has 3 aromatic rings. The van der Waals surface area contributed by atoms with Crippen molar-refractivity contribution in [2.24, 2.45) is 0 Å². The maximum Gasteiger partial charge on any atom is 0.257 e. The standard InChI is InChI=1S/C20H21N3O2/c1-25-16-8-9-17-18(13-21-19(17)12-16)20(24)22-14-4-6-15(7-5-14)23-10-2-3-11-23/h4-9,12-13,21H,2-3,10-11H2,1H3,(H,22,24). The summed E-state index contributed by atoms with van der Waals surface area (Å²) in [6.07, 6.45) is 4.24. The Morgan fingerprint density at radius 3 is 2.60 bits per heavy atom. The zero-order valence-electron chi connectivity index (χ0n) is 14.2. The number of H-pyrrole nitrogens is 1. The minimum atomic E-state index is -0.120. The van der Waals surface area contributed by atoms with Gasteiger partial charge in [0, 0.05) is 47.6 Å². The number of ether oxygens (including phenoxy) is 1. The number of nitrogens with one attached hydrogen (secondary N) is 2. The van der Waals surface area contributed by atoms with Crippen molar-refractivity contribution in [2.75, 3.05) is 30.4 Å². The molecule has 0 aliphatic carbocycles. The third kappa shape index (κ3) is 3.05. The normalized spacial score (nSPS) is 14.0. The fourth-order valence-corrected chi connectivity index (χ4v) is 3.35. The summed E-state index contributed by atoms with van der Waals surface area (Å²) in [6.45, 7) is 2.23. The molecule has 0 radical (unpaired) electrons. The summed E-state index contributed by atoms with van der Waals surface area (Å²) >= 11 is 0. The minimum absolute atomic E-state index is 0.120. The molecule has 0 bridgehead atoms. The summed E-state index contributed by atoms with van der Waals surface area (Å²) in [5.74, 6) is 0.643. The van der Waals surface area contributed by atoms with Crippen LogP contribution in [0, 0.1) is 0 Å². The number of fused-ring (bicyclic) bond motifs is 1. The molecule has 1 aliphatic rings. The molecule has 0 unspecified atom stereocenters. The number of aromatic nitrogens is 1. The van der Waals surface area contributed by atoms with Gasteiger partial charge in [-0.1, -0.05) is 0 Å². The van der Waals surface area contributed by atoms with Gasteiger partial charge < -0.3 is 19.9 Å². The van der Waals surface area contributed by atoms with Gasteiger partial charge in [-0.15, -0.1) is 0 Å². The fraction of sp³-hybridized carbons (Fsp3) is 0.250. The quantitative estimate of drug-likeness (QED) is 0.757. The minimum Gasteiger partial charge on any atom is -0.497 e. The lowest BCUT2D eigenvalue weighted by Crippen LogP contribution is -2.17. The second-order valence-corrected chi connectivity index (χ2v) is 6.31. The Bertz CT molecular complexity index is 893. The Kier molecular flexibility index (Phi) is 4.06. The second-order valence-electron chi connectivity index (χ2n) is 6.31. The van der Waals surface area contributed by atoms with Gasteiger partial charge in [0.05, 0.1) is 12.7 Å². The lowest BCUT2D eigenvalue weighted by atomic mass is 10.1. The van der Waals surface area contributed by atoms with Crippen molar-refractivity contribution < 1.29 is 9.53 Å². The molecule has 25 heavy (non-hydrogen) atoms. The molecular formula is C20H21N3O2. The Morgan fingerprint density at radius 1 is 1.12 bits per heavy atom. The molecule has 2 heterocycles. The number of amides is 1. The second kappa shape index (κ2) is 6.51. The molecule has 2 N–H and O–H groups in total. The van der Waals surface area contributed by atoms with Gasteiger partial charge in [0.25, 0.3) is 5.91 Å². The van der Waals surface area contributed by atoms with Crippen LogP contribution in [0.25, 0.3) is 10.9 Å². The summed E-state index contributed by atoms with van der Waals surface area (Å²) in [7, 11) is 1.63. The molecule has 4 rings (SSSR count). The predicted octanol–water partition coefficient (Wildman–Crippen LogP) is 4.03. The molecule has 0 atom stereocenters. The average molecular weight is 335 g/mol. The molecule has 0 spiro atoms. The van der Waals surface area contributed by atoms with Crippen molar-refractivity contribution in [2.45, 2.75) is 12.8 Å². The van der Waals surface area contributed by atoms with Crippen LogP contribution in [-0.2, 0) is 0 Å². The van der Waals surface area contributed by atoms with Crippen LogP contribution in [0.15, 0.2) is 48.7 Å². The molecule has 1 saturated heterocycles. The highest BCUT2D eigenvalue weighted by Gasteiger charge is 2.14. The number of rotatable bonds is 4. The lowest BCUT2D eigenvalue weighted by molar-refractivity contribution is 0.102. The Hall–Kier alpha value is -2.95. The van der Waals surface area contributed by atoms with Crippen LogP contribution in [0.3, 0.4) is 0 Å². The van der Waals surface area contributed by atoms with Crippen LogP contribution in [0.1, 0.15) is 23.2 Å². The van der Waals surface area contributed by atoms with E-state index in [-0.39, 0.29) is 5.91 Å². The SMILES string of the molecule is COc1ccc2c(C(=O)Nc3ccc(N4CCCC4)cc3)c[nH]c2c1. The van der Waals surface area contributed by atoms with Crippen LogP contribution in [-0.4, -0.2) is 31.1 Å². The maximum absolute atomic E-state index is 12.6. The van der Waals surface area contributed by atoms with Crippen molar-refractivity contribution in [1.29, 1.82) is 0 Å².